The lowest BCUT2D eigenvalue weighted by atomic mass is 9.98. The molecule has 0 radical (unpaired) electrons. The van der Waals surface area contributed by atoms with Crippen LogP contribution in [-0.2, 0) is 27.9 Å². The van der Waals surface area contributed by atoms with Crippen LogP contribution < -0.4 is 5.32 Å². The quantitative estimate of drug-likeness (QED) is 0.791. The molecule has 0 spiro atoms. The highest BCUT2D eigenvalue weighted by molar-refractivity contribution is 7.88. The van der Waals surface area contributed by atoms with Crippen molar-refractivity contribution >= 4 is 15.9 Å². The van der Waals surface area contributed by atoms with Crippen LogP contribution in [0.4, 0.5) is 0 Å². The first-order valence-electron chi connectivity index (χ1n) is 8.78. The fourth-order valence-electron chi connectivity index (χ4n) is 3.05. The van der Waals surface area contributed by atoms with E-state index >= 15 is 0 Å². The van der Waals surface area contributed by atoms with Gasteiger partial charge in [-0.25, -0.2) is 12.7 Å². The summed E-state index contributed by atoms with van der Waals surface area (Å²) in [6, 6.07) is 8.20. The molecule has 0 unspecified atom stereocenters. The standard InChI is InChI=1S/C18H29N3O3S/c1-4-20(2)13-16-8-5-7-15(11-16)12-19-18(22)17-9-6-10-21(14-17)25(3,23)24/h5,7-8,11,17H,4,6,9-10,12-14H2,1-3H3,(H,19,22)/t17-/m1/s1. The predicted octanol–water partition coefficient (Wildman–Crippen LogP) is 1.43. The largest absolute Gasteiger partial charge is 0.352 e. The minimum absolute atomic E-state index is 0.0653. The molecule has 1 N–H and O–H groups in total. The molecule has 1 atom stereocenters. The number of nitrogens with one attached hydrogen (secondary N) is 1. The molecule has 2 rings (SSSR count). The minimum atomic E-state index is -3.23. The third-order valence-electron chi connectivity index (χ3n) is 4.67. The summed E-state index contributed by atoms with van der Waals surface area (Å²) in [7, 11) is -1.16. The fourth-order valence-corrected chi connectivity index (χ4v) is 3.96. The van der Waals surface area contributed by atoms with Gasteiger partial charge in [-0.2, -0.15) is 0 Å². The van der Waals surface area contributed by atoms with Crippen molar-refractivity contribution < 1.29 is 13.2 Å². The Kier molecular flexibility index (Phi) is 6.98. The monoisotopic (exact) mass is 367 g/mol. The molecule has 1 aliphatic rings. The molecule has 1 aromatic carbocycles. The number of benzene rings is 1. The molecule has 0 saturated carbocycles. The predicted molar refractivity (Wildman–Crippen MR) is 99.4 cm³/mol. The van der Waals surface area contributed by atoms with Crippen molar-refractivity contribution in [3.8, 4) is 0 Å². The molecule has 1 fully saturated rings. The van der Waals surface area contributed by atoms with Gasteiger partial charge in [-0.1, -0.05) is 31.2 Å². The maximum atomic E-state index is 12.4. The molecule has 0 aromatic heterocycles. The number of nitrogens with zero attached hydrogens (tertiary/aromatic N) is 2. The van der Waals surface area contributed by atoms with E-state index in [4.69, 9.17) is 0 Å². The molecule has 1 aliphatic heterocycles. The zero-order valence-electron chi connectivity index (χ0n) is 15.4. The maximum Gasteiger partial charge on any atom is 0.224 e. The summed E-state index contributed by atoms with van der Waals surface area (Å²) in [6.07, 6.45) is 2.66. The van der Waals surface area contributed by atoms with Crippen LogP contribution in [0, 0.1) is 5.92 Å². The second kappa shape index (κ2) is 8.78. The summed E-state index contributed by atoms with van der Waals surface area (Å²) in [6.45, 7) is 5.25. The number of sulfonamides is 1. The van der Waals surface area contributed by atoms with Crippen molar-refractivity contribution in [2.45, 2.75) is 32.9 Å². The Morgan fingerprint density at radius 1 is 1.36 bits per heavy atom. The number of carbonyl (C=O) groups is 1. The first-order chi connectivity index (χ1) is 11.8. The average molecular weight is 368 g/mol. The Labute approximate surface area is 151 Å². The third kappa shape index (κ3) is 6.09. The third-order valence-corrected chi connectivity index (χ3v) is 5.94. The van der Waals surface area contributed by atoms with Crippen LogP contribution >= 0.6 is 0 Å². The van der Waals surface area contributed by atoms with E-state index in [0.29, 0.717) is 13.1 Å². The molecule has 7 heteroatoms. The number of amides is 1. The molecule has 6 nitrogen and oxygen atoms in total. The lowest BCUT2D eigenvalue weighted by molar-refractivity contribution is -0.126. The summed E-state index contributed by atoms with van der Waals surface area (Å²) in [4.78, 5) is 14.6. The smallest absolute Gasteiger partial charge is 0.224 e. The summed E-state index contributed by atoms with van der Waals surface area (Å²) in [5.74, 6) is -0.331. The van der Waals surface area contributed by atoms with Gasteiger partial charge in [0.05, 0.1) is 12.2 Å². The van der Waals surface area contributed by atoms with Crippen molar-refractivity contribution in [2.75, 3.05) is 32.9 Å². The van der Waals surface area contributed by atoms with Gasteiger partial charge in [0.15, 0.2) is 0 Å². The van der Waals surface area contributed by atoms with Crippen LogP contribution in [-0.4, -0.2) is 56.5 Å². The molecule has 1 saturated heterocycles. The van der Waals surface area contributed by atoms with E-state index in [1.165, 1.54) is 16.1 Å². The molecule has 1 heterocycles. The van der Waals surface area contributed by atoms with Gasteiger partial charge in [0.2, 0.25) is 15.9 Å². The van der Waals surface area contributed by atoms with Gasteiger partial charge in [-0.05, 0) is 37.6 Å². The van der Waals surface area contributed by atoms with Gasteiger partial charge in [0, 0.05) is 26.2 Å². The molecule has 1 aromatic rings. The highest BCUT2D eigenvalue weighted by Gasteiger charge is 2.29. The normalized spacial score (nSPS) is 19.1. The lowest BCUT2D eigenvalue weighted by Gasteiger charge is -2.30. The van der Waals surface area contributed by atoms with Crippen LogP contribution in [0.1, 0.15) is 30.9 Å². The van der Waals surface area contributed by atoms with Gasteiger partial charge < -0.3 is 10.2 Å². The van der Waals surface area contributed by atoms with Crippen LogP contribution in [0.25, 0.3) is 0 Å². The van der Waals surface area contributed by atoms with Crippen molar-refractivity contribution in [1.82, 2.24) is 14.5 Å². The molecular weight excluding hydrogens is 338 g/mol. The van der Waals surface area contributed by atoms with Crippen LogP contribution in [0.3, 0.4) is 0 Å². The number of piperidine rings is 1. The van der Waals surface area contributed by atoms with Crippen molar-refractivity contribution in [3.05, 3.63) is 35.4 Å². The van der Waals surface area contributed by atoms with Gasteiger partial charge in [0.25, 0.3) is 0 Å². The van der Waals surface area contributed by atoms with Gasteiger partial charge in [-0.3, -0.25) is 4.79 Å². The Morgan fingerprint density at radius 2 is 2.08 bits per heavy atom. The number of hydrogen-bond donors (Lipinski definition) is 1. The Balaban J connectivity index is 1.90. The van der Waals surface area contributed by atoms with Gasteiger partial charge >= 0.3 is 0 Å². The fraction of sp³-hybridized carbons (Fsp3) is 0.611. The van der Waals surface area contributed by atoms with E-state index in [9.17, 15) is 13.2 Å². The molecule has 1 amide bonds. The zero-order valence-corrected chi connectivity index (χ0v) is 16.2. The summed E-state index contributed by atoms with van der Waals surface area (Å²) in [5, 5.41) is 2.96. The number of carbonyl (C=O) groups excluding carboxylic acids is 1. The molecule has 0 bridgehead atoms. The van der Waals surface area contributed by atoms with Crippen LogP contribution in [0.2, 0.25) is 0 Å². The highest BCUT2D eigenvalue weighted by Crippen LogP contribution is 2.19. The van der Waals surface area contributed by atoms with E-state index in [-0.39, 0.29) is 18.4 Å². The Hall–Kier alpha value is -1.44. The van der Waals surface area contributed by atoms with E-state index in [2.05, 4.69) is 36.3 Å². The van der Waals surface area contributed by atoms with Crippen molar-refractivity contribution in [3.63, 3.8) is 0 Å². The molecular formula is C18H29N3O3S. The lowest BCUT2D eigenvalue weighted by Crippen LogP contribution is -2.44. The van der Waals surface area contributed by atoms with E-state index in [1.54, 1.807) is 0 Å². The summed E-state index contributed by atoms with van der Waals surface area (Å²) >= 11 is 0. The molecule has 0 aliphatic carbocycles. The van der Waals surface area contributed by atoms with Crippen molar-refractivity contribution in [2.24, 2.45) is 5.92 Å². The van der Waals surface area contributed by atoms with E-state index in [1.807, 2.05) is 12.1 Å². The maximum absolute atomic E-state index is 12.4. The molecule has 140 valence electrons. The van der Waals surface area contributed by atoms with Crippen LogP contribution in [0.15, 0.2) is 24.3 Å². The SMILES string of the molecule is CCN(C)Cc1cccc(CNC(=O)[C@@H]2CCCN(S(C)(=O)=O)C2)c1. The topological polar surface area (TPSA) is 69.7 Å². The molecule has 25 heavy (non-hydrogen) atoms. The minimum Gasteiger partial charge on any atom is -0.352 e. The second-order valence-electron chi connectivity index (χ2n) is 6.83. The Morgan fingerprint density at radius 3 is 2.76 bits per heavy atom. The number of rotatable bonds is 7. The van der Waals surface area contributed by atoms with E-state index in [0.717, 1.165) is 31.5 Å². The first kappa shape index (κ1) is 19.9. The number of hydrogen-bond acceptors (Lipinski definition) is 4. The average Bonchev–Trinajstić information content (AvgIpc) is 2.59. The van der Waals surface area contributed by atoms with E-state index < -0.39 is 10.0 Å². The van der Waals surface area contributed by atoms with Crippen molar-refractivity contribution in [1.29, 1.82) is 0 Å². The summed E-state index contributed by atoms with van der Waals surface area (Å²) < 4.78 is 24.8. The first-order valence-corrected chi connectivity index (χ1v) is 10.6. The highest BCUT2D eigenvalue weighted by atomic mass is 32.2. The summed E-state index contributed by atoms with van der Waals surface area (Å²) in [5.41, 5.74) is 2.28. The van der Waals surface area contributed by atoms with Gasteiger partial charge in [0.1, 0.15) is 0 Å². The van der Waals surface area contributed by atoms with Gasteiger partial charge in [-0.15, -0.1) is 0 Å². The second-order valence-corrected chi connectivity index (χ2v) is 8.81. The zero-order chi connectivity index (χ0) is 18.4. The Bertz CT molecular complexity index is 691. The van der Waals surface area contributed by atoms with Crippen LogP contribution in [0.5, 0.6) is 0 Å².